The van der Waals surface area contributed by atoms with Gasteiger partial charge in [0.25, 0.3) is 5.89 Å². The normalized spacial score (nSPS) is 16.0. The van der Waals surface area contributed by atoms with Gasteiger partial charge in [-0.25, -0.2) is 4.39 Å². The first-order valence-electron chi connectivity index (χ1n) is 10.7. The average Bonchev–Trinajstić information content (AvgIpc) is 3.35. The van der Waals surface area contributed by atoms with E-state index in [9.17, 15) is 4.39 Å². The van der Waals surface area contributed by atoms with Gasteiger partial charge in [0.1, 0.15) is 5.82 Å². The first-order valence-corrected chi connectivity index (χ1v) is 12.3. The molecule has 0 saturated carbocycles. The van der Waals surface area contributed by atoms with Crippen molar-refractivity contribution in [1.82, 2.24) is 15.5 Å². The molecule has 5 nitrogen and oxygen atoms in total. The van der Waals surface area contributed by atoms with Crippen LogP contribution in [0.4, 0.5) is 10.1 Å². The van der Waals surface area contributed by atoms with Gasteiger partial charge in [-0.3, -0.25) is 4.90 Å². The van der Waals surface area contributed by atoms with Crippen LogP contribution in [0.3, 0.4) is 0 Å². The van der Waals surface area contributed by atoms with Crippen molar-refractivity contribution in [2.24, 2.45) is 0 Å². The summed E-state index contributed by atoms with van der Waals surface area (Å²) in [7, 11) is 0. The fraction of sp³-hybridized carbons (Fsp3) is 0.115. The molecular weight excluding hydrogens is 467 g/mol. The van der Waals surface area contributed by atoms with E-state index >= 15 is 0 Å². The zero-order valence-corrected chi connectivity index (χ0v) is 20.2. The highest BCUT2D eigenvalue weighted by Gasteiger charge is 2.34. The molecule has 170 valence electrons. The Labute approximate surface area is 206 Å². The molecule has 3 aromatic carbocycles. The number of halogens is 1. The lowest BCUT2D eigenvalue weighted by atomic mass is 9.94. The Bertz CT molecular complexity index is 1370. The van der Waals surface area contributed by atoms with Gasteiger partial charge in [0.15, 0.2) is 5.11 Å². The molecule has 0 aliphatic carbocycles. The minimum absolute atomic E-state index is 0.302. The van der Waals surface area contributed by atoms with Gasteiger partial charge >= 0.3 is 0 Å². The fourth-order valence-corrected chi connectivity index (χ4v) is 4.84. The van der Waals surface area contributed by atoms with Gasteiger partial charge < -0.3 is 9.84 Å². The molecule has 1 aliphatic rings. The lowest BCUT2D eigenvalue weighted by molar-refractivity contribution is 0.404. The number of hydrogen-bond donors (Lipinski definition) is 1. The summed E-state index contributed by atoms with van der Waals surface area (Å²) in [5.41, 5.74) is 4.27. The summed E-state index contributed by atoms with van der Waals surface area (Å²) in [5, 5.41) is 8.17. The summed E-state index contributed by atoms with van der Waals surface area (Å²) in [6.07, 6.45) is 2.04. The largest absolute Gasteiger partial charge is 0.351 e. The van der Waals surface area contributed by atoms with E-state index in [1.165, 1.54) is 12.1 Å². The maximum Gasteiger partial charge on any atom is 0.258 e. The average molecular weight is 489 g/mol. The van der Waals surface area contributed by atoms with Crippen LogP contribution in [-0.4, -0.2) is 21.5 Å². The summed E-state index contributed by atoms with van der Waals surface area (Å²) in [5.74, 6) is 0.577. The van der Waals surface area contributed by atoms with Gasteiger partial charge in [0.2, 0.25) is 5.82 Å². The van der Waals surface area contributed by atoms with Gasteiger partial charge in [-0.2, -0.15) is 4.98 Å². The number of allylic oxidation sites excluding steroid dienone is 1. The second kappa shape index (κ2) is 9.40. The van der Waals surface area contributed by atoms with Crippen molar-refractivity contribution in [2.45, 2.75) is 17.9 Å². The first kappa shape index (κ1) is 22.3. The Morgan fingerprint density at radius 1 is 1.03 bits per heavy atom. The lowest BCUT2D eigenvalue weighted by Crippen LogP contribution is -2.46. The molecular formula is C26H21FN4OS2. The van der Waals surface area contributed by atoms with Crippen LogP contribution in [0, 0.1) is 5.82 Å². The Morgan fingerprint density at radius 3 is 2.53 bits per heavy atom. The van der Waals surface area contributed by atoms with E-state index in [2.05, 4.69) is 22.6 Å². The van der Waals surface area contributed by atoms with Crippen molar-refractivity contribution in [3.05, 3.63) is 102 Å². The van der Waals surface area contributed by atoms with Gasteiger partial charge in [-0.1, -0.05) is 53.7 Å². The number of thioether (sulfide) groups is 1. The molecule has 4 aromatic rings. The van der Waals surface area contributed by atoms with E-state index in [-0.39, 0.29) is 11.9 Å². The molecule has 0 saturated heterocycles. The maximum atomic E-state index is 13.7. The molecule has 1 aromatic heterocycles. The topological polar surface area (TPSA) is 54.2 Å². The minimum Gasteiger partial charge on any atom is -0.351 e. The summed E-state index contributed by atoms with van der Waals surface area (Å²) < 4.78 is 19.4. The van der Waals surface area contributed by atoms with Gasteiger partial charge in [-0.15, -0.1) is 11.8 Å². The van der Waals surface area contributed by atoms with E-state index in [0.29, 0.717) is 16.8 Å². The number of rotatable bonds is 5. The quantitative estimate of drug-likeness (QED) is 0.255. The van der Waals surface area contributed by atoms with E-state index in [0.717, 1.165) is 33.0 Å². The highest BCUT2D eigenvalue weighted by molar-refractivity contribution is 7.98. The number of hydrogen-bond acceptors (Lipinski definition) is 5. The van der Waals surface area contributed by atoms with E-state index in [4.69, 9.17) is 21.7 Å². The SMILES string of the molecule is CSc1cccc(N2C(=S)NC(c3ccc(F)cc3)C(c3nc(-c4ccccc4)no3)=C2C)c1. The third kappa shape index (κ3) is 4.22. The lowest BCUT2D eigenvalue weighted by Gasteiger charge is -2.37. The van der Waals surface area contributed by atoms with Crippen molar-refractivity contribution in [2.75, 3.05) is 11.2 Å². The van der Waals surface area contributed by atoms with E-state index in [1.807, 2.05) is 60.5 Å². The Balaban J connectivity index is 1.66. The van der Waals surface area contributed by atoms with Crippen LogP contribution in [0.15, 0.2) is 94.0 Å². The second-order valence-electron chi connectivity index (χ2n) is 7.76. The van der Waals surface area contributed by atoms with Crippen LogP contribution in [-0.2, 0) is 0 Å². The second-order valence-corrected chi connectivity index (χ2v) is 9.03. The molecule has 0 bridgehead atoms. The molecule has 2 heterocycles. The van der Waals surface area contributed by atoms with Crippen molar-refractivity contribution in [3.8, 4) is 11.4 Å². The molecule has 1 unspecified atom stereocenters. The van der Waals surface area contributed by atoms with Crippen LogP contribution in [0.5, 0.6) is 0 Å². The molecule has 1 aliphatic heterocycles. The Morgan fingerprint density at radius 2 is 1.79 bits per heavy atom. The zero-order chi connectivity index (χ0) is 23.7. The number of nitrogens with one attached hydrogen (secondary N) is 1. The highest BCUT2D eigenvalue weighted by Crippen LogP contribution is 2.39. The number of aromatic nitrogens is 2. The molecule has 1 N–H and O–H groups in total. The van der Waals surface area contributed by atoms with Crippen LogP contribution >= 0.6 is 24.0 Å². The Kier molecular flexibility index (Phi) is 6.17. The minimum atomic E-state index is -0.378. The molecule has 0 amide bonds. The predicted octanol–water partition coefficient (Wildman–Crippen LogP) is 6.46. The molecule has 0 fully saturated rings. The predicted molar refractivity (Wildman–Crippen MR) is 138 cm³/mol. The van der Waals surface area contributed by atoms with Crippen LogP contribution < -0.4 is 10.2 Å². The third-order valence-electron chi connectivity index (χ3n) is 5.69. The van der Waals surface area contributed by atoms with Crippen LogP contribution in [0.2, 0.25) is 0 Å². The van der Waals surface area contributed by atoms with Crippen LogP contribution in [0.25, 0.3) is 17.0 Å². The monoisotopic (exact) mass is 488 g/mol. The van der Waals surface area contributed by atoms with Gasteiger partial charge in [-0.05, 0) is 61.3 Å². The number of thiocarbonyl (C=S) groups is 1. The standard InChI is InChI=1S/C26H21FN4OS2/c1-16-22(25-29-24(30-32-25)18-7-4-3-5-8-18)23(17-11-13-19(27)14-12-17)28-26(33)31(16)20-9-6-10-21(15-20)34-2/h3-15,23H,1-2H3,(H,28,33). The molecule has 8 heteroatoms. The number of anilines is 1. The van der Waals surface area contributed by atoms with Crippen LogP contribution in [0.1, 0.15) is 24.4 Å². The Hall–Kier alpha value is -3.49. The molecule has 0 radical (unpaired) electrons. The van der Waals surface area contributed by atoms with E-state index < -0.39 is 0 Å². The number of benzene rings is 3. The highest BCUT2D eigenvalue weighted by atomic mass is 32.2. The van der Waals surface area contributed by atoms with Crippen molar-refractivity contribution in [3.63, 3.8) is 0 Å². The summed E-state index contributed by atoms with van der Waals surface area (Å²) >= 11 is 7.45. The van der Waals surface area contributed by atoms with Crippen molar-refractivity contribution in [1.29, 1.82) is 0 Å². The zero-order valence-electron chi connectivity index (χ0n) is 18.5. The smallest absolute Gasteiger partial charge is 0.258 e. The summed E-state index contributed by atoms with van der Waals surface area (Å²) in [6, 6.07) is 23.8. The summed E-state index contributed by atoms with van der Waals surface area (Å²) in [4.78, 5) is 7.80. The molecule has 5 rings (SSSR count). The molecule has 34 heavy (non-hydrogen) atoms. The maximum absolute atomic E-state index is 13.7. The van der Waals surface area contributed by atoms with Gasteiger partial charge in [0.05, 0.1) is 11.6 Å². The van der Waals surface area contributed by atoms with E-state index in [1.54, 1.807) is 23.9 Å². The number of nitrogens with zero attached hydrogens (tertiary/aromatic N) is 3. The van der Waals surface area contributed by atoms with Crippen molar-refractivity contribution >= 4 is 40.4 Å². The van der Waals surface area contributed by atoms with Crippen molar-refractivity contribution < 1.29 is 8.91 Å². The molecule has 1 atom stereocenters. The summed E-state index contributed by atoms with van der Waals surface area (Å²) in [6.45, 7) is 1.98. The van der Waals surface area contributed by atoms with Gasteiger partial charge in [0, 0.05) is 21.8 Å². The fourth-order valence-electron chi connectivity index (χ4n) is 4.02. The third-order valence-corrected chi connectivity index (χ3v) is 6.71. The first-order chi connectivity index (χ1) is 16.5. The molecule has 0 spiro atoms.